The molecule has 7 heteroatoms. The standard InChI is InChI=1S/C9H15N5O2/c1-5-3-4-16-7(5)9(15)10-6(2)8-11-13-14-12-8/h5-7H,3-4H2,1-2H3,(H,10,15)(H,11,12,13,14). The Morgan fingerprint density at radius 3 is 3.06 bits per heavy atom. The van der Waals surface area contributed by atoms with Crippen LogP contribution >= 0.6 is 0 Å². The van der Waals surface area contributed by atoms with Crippen LogP contribution in [0.15, 0.2) is 0 Å². The Labute approximate surface area is 92.9 Å². The Morgan fingerprint density at radius 2 is 2.50 bits per heavy atom. The molecule has 0 radical (unpaired) electrons. The molecule has 2 N–H and O–H groups in total. The summed E-state index contributed by atoms with van der Waals surface area (Å²) in [5.74, 6) is 0.624. The van der Waals surface area contributed by atoms with Crippen LogP contribution in [0.5, 0.6) is 0 Å². The highest BCUT2D eigenvalue weighted by Gasteiger charge is 2.31. The van der Waals surface area contributed by atoms with Crippen LogP contribution in [0.3, 0.4) is 0 Å². The second kappa shape index (κ2) is 4.56. The molecular formula is C9H15N5O2. The maximum absolute atomic E-state index is 11.8. The SMILES string of the molecule is CC(NC(=O)C1OCCC1C)c1nn[nH]n1. The molecule has 1 fully saturated rings. The van der Waals surface area contributed by atoms with Gasteiger partial charge in [-0.3, -0.25) is 4.79 Å². The quantitative estimate of drug-likeness (QED) is 0.743. The third-order valence-corrected chi connectivity index (χ3v) is 2.75. The van der Waals surface area contributed by atoms with Crippen molar-refractivity contribution >= 4 is 5.91 Å². The molecule has 1 aromatic rings. The summed E-state index contributed by atoms with van der Waals surface area (Å²) in [6, 6.07) is -0.261. The second-order valence-corrected chi connectivity index (χ2v) is 4.06. The van der Waals surface area contributed by atoms with Gasteiger partial charge in [-0.15, -0.1) is 10.2 Å². The number of carbonyl (C=O) groups excluding carboxylic acids is 1. The van der Waals surface area contributed by atoms with Gasteiger partial charge in [0.15, 0.2) is 5.82 Å². The monoisotopic (exact) mass is 225 g/mol. The summed E-state index contributed by atoms with van der Waals surface area (Å²) in [4.78, 5) is 11.8. The molecule has 16 heavy (non-hydrogen) atoms. The first kappa shape index (κ1) is 11.0. The van der Waals surface area contributed by atoms with Crippen molar-refractivity contribution in [1.82, 2.24) is 25.9 Å². The van der Waals surface area contributed by atoms with Gasteiger partial charge >= 0.3 is 0 Å². The van der Waals surface area contributed by atoms with Gasteiger partial charge in [-0.05, 0) is 19.3 Å². The van der Waals surface area contributed by atoms with Gasteiger partial charge in [0, 0.05) is 6.61 Å². The number of carbonyl (C=O) groups is 1. The van der Waals surface area contributed by atoms with E-state index in [0.717, 1.165) is 6.42 Å². The summed E-state index contributed by atoms with van der Waals surface area (Å²) in [5, 5.41) is 16.2. The fourth-order valence-electron chi connectivity index (χ4n) is 1.74. The largest absolute Gasteiger partial charge is 0.368 e. The van der Waals surface area contributed by atoms with Crippen LogP contribution in [0, 0.1) is 5.92 Å². The van der Waals surface area contributed by atoms with Gasteiger partial charge in [0.25, 0.3) is 0 Å². The minimum Gasteiger partial charge on any atom is -0.368 e. The number of H-pyrrole nitrogens is 1. The van der Waals surface area contributed by atoms with Crippen LogP contribution in [0.25, 0.3) is 0 Å². The Kier molecular flexibility index (Phi) is 3.14. The molecule has 2 rings (SSSR count). The average molecular weight is 225 g/mol. The number of hydrogen-bond acceptors (Lipinski definition) is 5. The minimum atomic E-state index is -0.352. The van der Waals surface area contributed by atoms with E-state index in [9.17, 15) is 4.79 Å². The lowest BCUT2D eigenvalue weighted by molar-refractivity contribution is -0.132. The first-order valence-corrected chi connectivity index (χ1v) is 5.34. The van der Waals surface area contributed by atoms with E-state index >= 15 is 0 Å². The van der Waals surface area contributed by atoms with E-state index in [0.29, 0.717) is 12.4 Å². The zero-order valence-electron chi connectivity index (χ0n) is 9.30. The molecule has 88 valence electrons. The number of ether oxygens (including phenoxy) is 1. The summed E-state index contributed by atoms with van der Waals surface area (Å²) in [5.41, 5.74) is 0. The van der Waals surface area contributed by atoms with E-state index in [1.165, 1.54) is 0 Å². The lowest BCUT2D eigenvalue weighted by atomic mass is 10.0. The first-order chi connectivity index (χ1) is 7.68. The molecule has 1 aromatic heterocycles. The number of aromatic nitrogens is 4. The number of tetrazole rings is 1. The Morgan fingerprint density at radius 1 is 1.69 bits per heavy atom. The zero-order valence-corrected chi connectivity index (χ0v) is 9.30. The predicted molar refractivity (Wildman–Crippen MR) is 54.3 cm³/mol. The van der Waals surface area contributed by atoms with E-state index in [1.54, 1.807) is 0 Å². The summed E-state index contributed by atoms with van der Waals surface area (Å²) < 4.78 is 5.37. The van der Waals surface area contributed by atoms with E-state index in [-0.39, 0.29) is 24.0 Å². The van der Waals surface area contributed by atoms with Crippen LogP contribution in [-0.4, -0.2) is 39.2 Å². The maximum atomic E-state index is 11.8. The van der Waals surface area contributed by atoms with Gasteiger partial charge in [-0.2, -0.15) is 5.21 Å². The molecule has 0 aromatic carbocycles. The highest BCUT2D eigenvalue weighted by atomic mass is 16.5. The number of hydrogen-bond donors (Lipinski definition) is 2. The molecule has 0 spiro atoms. The molecule has 2 heterocycles. The molecular weight excluding hydrogens is 210 g/mol. The van der Waals surface area contributed by atoms with Crippen LogP contribution < -0.4 is 5.32 Å². The van der Waals surface area contributed by atoms with Crippen molar-refractivity contribution in [2.24, 2.45) is 5.92 Å². The lowest BCUT2D eigenvalue weighted by Crippen LogP contribution is -2.38. The van der Waals surface area contributed by atoms with Gasteiger partial charge < -0.3 is 10.1 Å². The topological polar surface area (TPSA) is 92.8 Å². The summed E-state index contributed by atoms with van der Waals surface area (Å²) >= 11 is 0. The molecule has 1 saturated heterocycles. The maximum Gasteiger partial charge on any atom is 0.249 e. The van der Waals surface area contributed by atoms with Crippen LogP contribution in [-0.2, 0) is 9.53 Å². The number of nitrogens with zero attached hydrogens (tertiary/aromatic N) is 3. The molecule has 1 aliphatic rings. The van der Waals surface area contributed by atoms with E-state index in [4.69, 9.17) is 4.74 Å². The fourth-order valence-corrected chi connectivity index (χ4v) is 1.74. The first-order valence-electron chi connectivity index (χ1n) is 5.34. The molecule has 0 saturated carbocycles. The van der Waals surface area contributed by atoms with Crippen molar-refractivity contribution in [2.45, 2.75) is 32.4 Å². The third-order valence-electron chi connectivity index (χ3n) is 2.75. The van der Waals surface area contributed by atoms with Crippen molar-refractivity contribution < 1.29 is 9.53 Å². The summed E-state index contributed by atoms with van der Waals surface area (Å²) in [7, 11) is 0. The predicted octanol–water partition coefficient (Wildman–Crippen LogP) is -0.198. The molecule has 3 atom stereocenters. The van der Waals surface area contributed by atoms with Gasteiger partial charge in [0.05, 0.1) is 6.04 Å². The van der Waals surface area contributed by atoms with Gasteiger partial charge in [-0.1, -0.05) is 12.1 Å². The Balaban J connectivity index is 1.92. The highest BCUT2D eigenvalue weighted by Crippen LogP contribution is 2.20. The minimum absolute atomic E-state index is 0.109. The van der Waals surface area contributed by atoms with E-state index in [2.05, 4.69) is 25.9 Å². The number of rotatable bonds is 3. The smallest absolute Gasteiger partial charge is 0.249 e. The van der Waals surface area contributed by atoms with Crippen molar-refractivity contribution in [2.75, 3.05) is 6.61 Å². The normalized spacial score (nSPS) is 26.6. The molecule has 1 aliphatic heterocycles. The van der Waals surface area contributed by atoms with E-state index < -0.39 is 0 Å². The highest BCUT2D eigenvalue weighted by molar-refractivity contribution is 5.81. The molecule has 0 aliphatic carbocycles. The van der Waals surface area contributed by atoms with Crippen molar-refractivity contribution in [3.63, 3.8) is 0 Å². The number of aromatic amines is 1. The molecule has 3 unspecified atom stereocenters. The molecule has 1 amide bonds. The van der Waals surface area contributed by atoms with Gasteiger partial charge in [0.2, 0.25) is 5.91 Å². The lowest BCUT2D eigenvalue weighted by Gasteiger charge is -2.16. The zero-order chi connectivity index (χ0) is 11.5. The average Bonchev–Trinajstić information content (AvgIpc) is 2.86. The van der Waals surface area contributed by atoms with Crippen molar-refractivity contribution in [3.05, 3.63) is 5.82 Å². The number of nitrogens with one attached hydrogen (secondary N) is 2. The molecule has 7 nitrogen and oxygen atoms in total. The Hall–Kier alpha value is -1.50. The summed E-state index contributed by atoms with van der Waals surface area (Å²) in [6.07, 6.45) is 0.573. The van der Waals surface area contributed by atoms with Gasteiger partial charge in [-0.25, -0.2) is 0 Å². The van der Waals surface area contributed by atoms with Crippen LogP contribution in [0.2, 0.25) is 0 Å². The second-order valence-electron chi connectivity index (χ2n) is 4.06. The van der Waals surface area contributed by atoms with E-state index in [1.807, 2.05) is 13.8 Å². The van der Waals surface area contributed by atoms with Crippen LogP contribution in [0.1, 0.15) is 32.1 Å². The Bertz CT molecular complexity index is 353. The van der Waals surface area contributed by atoms with Crippen molar-refractivity contribution in [3.8, 4) is 0 Å². The molecule has 0 bridgehead atoms. The third kappa shape index (κ3) is 2.19. The fraction of sp³-hybridized carbons (Fsp3) is 0.778. The van der Waals surface area contributed by atoms with Gasteiger partial charge in [0.1, 0.15) is 6.10 Å². The summed E-state index contributed by atoms with van der Waals surface area (Å²) in [6.45, 7) is 4.47. The number of amides is 1. The van der Waals surface area contributed by atoms with Crippen LogP contribution in [0.4, 0.5) is 0 Å². The van der Waals surface area contributed by atoms with Crippen molar-refractivity contribution in [1.29, 1.82) is 0 Å².